The van der Waals surface area contributed by atoms with Gasteiger partial charge in [-0.3, -0.25) is 14.3 Å². The van der Waals surface area contributed by atoms with Crippen LogP contribution in [-0.4, -0.2) is 72.6 Å². The summed E-state index contributed by atoms with van der Waals surface area (Å²) in [6.45, 7) is 2.03. The highest BCUT2D eigenvalue weighted by Gasteiger charge is 2.45. The van der Waals surface area contributed by atoms with Gasteiger partial charge in [0.15, 0.2) is 17.4 Å². The predicted octanol–water partition coefficient (Wildman–Crippen LogP) is -0.452. The number of imidazole rings is 1. The van der Waals surface area contributed by atoms with Crippen molar-refractivity contribution in [3.05, 3.63) is 40.2 Å². The Labute approximate surface area is 187 Å². The summed E-state index contributed by atoms with van der Waals surface area (Å²) in [5.41, 5.74) is 8.44. The Balaban J connectivity index is 1.71. The fourth-order valence-corrected chi connectivity index (χ4v) is 3.50. The Morgan fingerprint density at radius 2 is 2.12 bits per heavy atom. The third-order valence-electron chi connectivity index (χ3n) is 5.09. The van der Waals surface area contributed by atoms with Gasteiger partial charge in [-0.2, -0.15) is 10.1 Å². The summed E-state index contributed by atoms with van der Waals surface area (Å²) >= 11 is 0. The molecule has 0 aliphatic carbocycles. The van der Waals surface area contributed by atoms with Crippen LogP contribution in [-0.2, 0) is 4.74 Å². The topological polar surface area (TPSA) is 193 Å². The van der Waals surface area contributed by atoms with Gasteiger partial charge in [-0.25, -0.2) is 10.4 Å². The van der Waals surface area contributed by atoms with Crippen LogP contribution in [0.2, 0.25) is 0 Å². The number of aromatic nitrogens is 4. The highest BCUT2D eigenvalue weighted by Crippen LogP contribution is 2.34. The number of nitrogens with two attached hydrogens (primary N) is 1. The van der Waals surface area contributed by atoms with Crippen LogP contribution in [0.15, 0.2) is 34.2 Å². The normalized spacial score (nSPS) is 22.9. The number of hydrazone groups is 1. The number of ether oxygens (including phenoxy) is 2. The number of nitrogen functional groups attached to an aromatic ring is 1. The molecule has 0 bridgehead atoms. The number of para-hydroxylation sites is 1. The Morgan fingerprint density at radius 3 is 2.85 bits per heavy atom. The molecule has 1 aromatic carbocycles. The van der Waals surface area contributed by atoms with Gasteiger partial charge in [-0.05, 0) is 18.6 Å². The molecule has 1 saturated heterocycles. The van der Waals surface area contributed by atoms with Crippen LogP contribution in [0.4, 0.5) is 11.9 Å². The first-order chi connectivity index (χ1) is 15.9. The van der Waals surface area contributed by atoms with Crippen LogP contribution in [0.3, 0.4) is 0 Å². The molecule has 0 unspecified atom stereocenters. The molecule has 4 atom stereocenters. The van der Waals surface area contributed by atoms with Crippen molar-refractivity contribution < 1.29 is 24.8 Å². The number of rotatable bonds is 8. The molecule has 33 heavy (non-hydrogen) atoms. The van der Waals surface area contributed by atoms with E-state index in [9.17, 15) is 20.1 Å². The number of fused-ring (bicyclic) bond motifs is 1. The Morgan fingerprint density at radius 1 is 1.33 bits per heavy atom. The molecule has 7 N–H and O–H groups in total. The highest BCUT2D eigenvalue weighted by atomic mass is 16.6. The molecule has 13 heteroatoms. The highest BCUT2D eigenvalue weighted by molar-refractivity contribution is 5.84. The molecule has 1 fully saturated rings. The molecule has 13 nitrogen and oxygen atoms in total. The van der Waals surface area contributed by atoms with Crippen LogP contribution < -0.4 is 21.5 Å². The number of anilines is 2. The Kier molecular flexibility index (Phi) is 6.55. The van der Waals surface area contributed by atoms with Gasteiger partial charge in [0.25, 0.3) is 5.56 Å². The first-order valence-electron chi connectivity index (χ1n) is 10.4. The molecule has 2 aromatic heterocycles. The van der Waals surface area contributed by atoms with Crippen molar-refractivity contribution in [3.63, 3.8) is 0 Å². The van der Waals surface area contributed by atoms with Gasteiger partial charge in [-0.1, -0.05) is 19.1 Å². The standard InChI is InChI=1S/C20H25N7O6/c1-2-7-32-11-6-4-3-5-10(11)8-22-26-20-23-13-16(24-19(21)25-17(13)31)27(20)18-15(30)14(29)12(9-28)33-18/h3-6,8,12,14-15,18,28-30H,2,7,9H2,1H3,(H,23,26)(H3,21,24,25,31)/b22-8-/t12-,14-,15-,18-/m1/s1. The number of aromatic amines is 1. The van der Waals surface area contributed by atoms with E-state index in [1.54, 1.807) is 0 Å². The van der Waals surface area contributed by atoms with Crippen molar-refractivity contribution >= 4 is 29.3 Å². The van der Waals surface area contributed by atoms with E-state index >= 15 is 0 Å². The third-order valence-corrected chi connectivity index (χ3v) is 5.09. The number of benzene rings is 1. The minimum Gasteiger partial charge on any atom is -0.493 e. The summed E-state index contributed by atoms with van der Waals surface area (Å²) in [7, 11) is 0. The predicted molar refractivity (Wildman–Crippen MR) is 119 cm³/mol. The lowest BCUT2D eigenvalue weighted by atomic mass is 10.1. The maximum Gasteiger partial charge on any atom is 0.280 e. The smallest absolute Gasteiger partial charge is 0.280 e. The van der Waals surface area contributed by atoms with Crippen molar-refractivity contribution in [2.24, 2.45) is 5.10 Å². The van der Waals surface area contributed by atoms with Crippen molar-refractivity contribution in [2.75, 3.05) is 24.4 Å². The second-order valence-corrected chi connectivity index (χ2v) is 7.41. The molecule has 1 aliphatic rings. The van der Waals surface area contributed by atoms with E-state index < -0.39 is 36.7 Å². The maximum absolute atomic E-state index is 12.4. The van der Waals surface area contributed by atoms with Gasteiger partial charge in [0, 0.05) is 5.56 Å². The number of nitrogens with one attached hydrogen (secondary N) is 2. The molecule has 3 heterocycles. The number of H-pyrrole nitrogens is 1. The van der Waals surface area contributed by atoms with Gasteiger partial charge in [0.1, 0.15) is 24.1 Å². The van der Waals surface area contributed by atoms with Crippen LogP contribution in [0.5, 0.6) is 5.75 Å². The fraction of sp³-hybridized carbons (Fsp3) is 0.400. The number of aliphatic hydroxyl groups excluding tert-OH is 3. The molecule has 4 rings (SSSR count). The van der Waals surface area contributed by atoms with E-state index in [1.807, 2.05) is 31.2 Å². The molecule has 1 aliphatic heterocycles. The van der Waals surface area contributed by atoms with Crippen LogP contribution in [0.25, 0.3) is 11.2 Å². The van der Waals surface area contributed by atoms with E-state index in [1.165, 1.54) is 10.8 Å². The molecule has 3 aromatic rings. The lowest BCUT2D eigenvalue weighted by Gasteiger charge is -2.18. The monoisotopic (exact) mass is 459 g/mol. The number of aliphatic hydroxyl groups is 3. The number of hydrogen-bond donors (Lipinski definition) is 6. The Hall–Kier alpha value is -3.52. The van der Waals surface area contributed by atoms with Gasteiger partial charge < -0.3 is 30.5 Å². The zero-order valence-electron chi connectivity index (χ0n) is 17.8. The van der Waals surface area contributed by atoms with Crippen molar-refractivity contribution in [1.29, 1.82) is 0 Å². The maximum atomic E-state index is 12.4. The fourth-order valence-electron chi connectivity index (χ4n) is 3.50. The molecular weight excluding hydrogens is 434 g/mol. The van der Waals surface area contributed by atoms with Gasteiger partial charge in [0.05, 0.1) is 19.4 Å². The quantitative estimate of drug-likeness (QED) is 0.190. The van der Waals surface area contributed by atoms with Crippen molar-refractivity contribution in [3.8, 4) is 5.75 Å². The van der Waals surface area contributed by atoms with E-state index in [-0.39, 0.29) is 23.1 Å². The average Bonchev–Trinajstić information content (AvgIpc) is 3.30. The summed E-state index contributed by atoms with van der Waals surface area (Å²) in [5, 5.41) is 34.3. The van der Waals surface area contributed by atoms with Crippen molar-refractivity contribution in [2.45, 2.75) is 37.9 Å². The van der Waals surface area contributed by atoms with E-state index in [0.29, 0.717) is 17.9 Å². The van der Waals surface area contributed by atoms with E-state index in [2.05, 4.69) is 25.5 Å². The lowest BCUT2D eigenvalue weighted by molar-refractivity contribution is -0.0501. The first-order valence-corrected chi connectivity index (χ1v) is 10.4. The van der Waals surface area contributed by atoms with Crippen LogP contribution >= 0.6 is 0 Å². The van der Waals surface area contributed by atoms with E-state index in [0.717, 1.165) is 6.42 Å². The molecule has 0 spiro atoms. The zero-order chi connectivity index (χ0) is 23.5. The second-order valence-electron chi connectivity index (χ2n) is 7.41. The first kappa shape index (κ1) is 22.7. The van der Waals surface area contributed by atoms with E-state index in [4.69, 9.17) is 15.2 Å². The summed E-state index contributed by atoms with van der Waals surface area (Å²) in [6, 6.07) is 7.32. The number of nitrogens with zero attached hydrogens (tertiary/aromatic N) is 4. The minimum absolute atomic E-state index is 0.00616. The molecular formula is C20H25N7O6. The van der Waals surface area contributed by atoms with Gasteiger partial charge >= 0.3 is 0 Å². The summed E-state index contributed by atoms with van der Waals surface area (Å²) in [5.74, 6) is 0.483. The van der Waals surface area contributed by atoms with Crippen LogP contribution in [0, 0.1) is 0 Å². The minimum atomic E-state index is -1.44. The van der Waals surface area contributed by atoms with Gasteiger partial charge in [-0.15, -0.1) is 0 Å². The number of hydrogen-bond acceptors (Lipinski definition) is 11. The second kappa shape index (κ2) is 9.54. The summed E-state index contributed by atoms with van der Waals surface area (Å²) in [6.07, 6.45) is -2.69. The zero-order valence-corrected chi connectivity index (χ0v) is 17.8. The van der Waals surface area contributed by atoms with Gasteiger partial charge in [0.2, 0.25) is 11.9 Å². The third kappa shape index (κ3) is 4.39. The van der Waals surface area contributed by atoms with Crippen molar-refractivity contribution in [1.82, 2.24) is 19.5 Å². The summed E-state index contributed by atoms with van der Waals surface area (Å²) in [4.78, 5) is 23.0. The molecule has 0 radical (unpaired) electrons. The molecule has 176 valence electrons. The Bertz CT molecular complexity index is 1210. The largest absolute Gasteiger partial charge is 0.493 e. The van der Waals surface area contributed by atoms with Crippen LogP contribution in [0.1, 0.15) is 25.1 Å². The molecule has 0 saturated carbocycles. The lowest BCUT2D eigenvalue weighted by Crippen LogP contribution is -2.33. The average molecular weight is 459 g/mol. The SMILES string of the molecule is CCCOc1ccccc1/C=N\Nc1nc2c(=O)[nH]c(N)nc2n1[C@@H]1O[C@H](CO)[C@@H](O)[C@H]1O. The summed E-state index contributed by atoms with van der Waals surface area (Å²) < 4.78 is 12.6. The molecule has 0 amide bonds.